The third-order valence-corrected chi connectivity index (χ3v) is 5.50. The molecule has 0 atom stereocenters. The molecule has 3 aromatic rings. The highest BCUT2D eigenvalue weighted by atomic mass is 35.5. The van der Waals surface area contributed by atoms with E-state index < -0.39 is 0 Å². The van der Waals surface area contributed by atoms with Crippen LogP contribution < -0.4 is 4.90 Å². The first-order valence-electron chi connectivity index (χ1n) is 8.92. The van der Waals surface area contributed by atoms with Crippen molar-refractivity contribution in [1.29, 1.82) is 0 Å². The molecular formula is C18H19ClN6O. The summed E-state index contributed by atoms with van der Waals surface area (Å²) in [5, 5.41) is 9.26. The number of halogens is 1. The normalized spacial score (nSPS) is 22.2. The Morgan fingerprint density at radius 3 is 2.92 bits per heavy atom. The van der Waals surface area contributed by atoms with Crippen LogP contribution in [0.1, 0.15) is 37.2 Å². The molecule has 134 valence electrons. The van der Waals surface area contributed by atoms with E-state index in [1.165, 1.54) is 18.5 Å². The summed E-state index contributed by atoms with van der Waals surface area (Å²) in [6.07, 6.45) is 6.45. The van der Waals surface area contributed by atoms with Crippen LogP contribution in [-0.4, -0.2) is 31.5 Å². The Morgan fingerprint density at radius 2 is 2.15 bits per heavy atom. The van der Waals surface area contributed by atoms with Gasteiger partial charge in [0.15, 0.2) is 5.82 Å². The van der Waals surface area contributed by atoms with Gasteiger partial charge in [-0.2, -0.15) is 0 Å². The molecule has 0 saturated heterocycles. The fourth-order valence-electron chi connectivity index (χ4n) is 3.84. The van der Waals surface area contributed by atoms with E-state index in [4.69, 9.17) is 21.0 Å². The first-order chi connectivity index (χ1) is 12.7. The average molecular weight is 371 g/mol. The summed E-state index contributed by atoms with van der Waals surface area (Å²) >= 11 is 6.26. The van der Waals surface area contributed by atoms with Gasteiger partial charge in [-0.05, 0) is 24.8 Å². The molecule has 1 saturated carbocycles. The van der Waals surface area contributed by atoms with Crippen molar-refractivity contribution in [3.63, 3.8) is 0 Å². The van der Waals surface area contributed by atoms with Crippen molar-refractivity contribution in [2.45, 2.75) is 38.8 Å². The summed E-state index contributed by atoms with van der Waals surface area (Å²) in [5.74, 6) is 2.17. The Bertz CT molecular complexity index is 931. The molecule has 8 heteroatoms. The monoisotopic (exact) mass is 370 g/mol. The molecular weight excluding hydrogens is 352 g/mol. The average Bonchev–Trinajstić information content (AvgIpc) is 3.28. The van der Waals surface area contributed by atoms with Gasteiger partial charge in [-0.3, -0.25) is 0 Å². The number of furan rings is 1. The van der Waals surface area contributed by atoms with Crippen molar-refractivity contribution in [2.75, 3.05) is 11.4 Å². The summed E-state index contributed by atoms with van der Waals surface area (Å²) in [6, 6.07) is 4.13. The molecule has 0 amide bonds. The lowest BCUT2D eigenvalue weighted by Gasteiger charge is -2.35. The zero-order valence-electron chi connectivity index (χ0n) is 14.5. The molecule has 0 radical (unpaired) electrons. The van der Waals surface area contributed by atoms with Crippen molar-refractivity contribution >= 4 is 17.4 Å². The van der Waals surface area contributed by atoms with Crippen LogP contribution in [0.5, 0.6) is 0 Å². The van der Waals surface area contributed by atoms with Gasteiger partial charge in [-0.15, -0.1) is 5.10 Å². The minimum absolute atomic E-state index is 0.427. The maximum Gasteiger partial charge on any atom is 0.166 e. The standard InChI is InChI=1S/C18H19ClN6O/c1-11-6-13(7-11)25-15-9-24(4-2-14(15)22-23-25)17-8-16(19)20-18(21-17)12-3-5-26-10-12/h3,5,8,10-11,13H,2,4,6-7,9H2,1H3. The Labute approximate surface area is 156 Å². The van der Waals surface area contributed by atoms with Gasteiger partial charge in [0.2, 0.25) is 0 Å². The number of rotatable bonds is 3. The van der Waals surface area contributed by atoms with Crippen molar-refractivity contribution in [2.24, 2.45) is 5.92 Å². The second-order valence-corrected chi connectivity index (χ2v) is 7.60. The van der Waals surface area contributed by atoms with Crippen LogP contribution in [0.15, 0.2) is 29.1 Å². The summed E-state index contributed by atoms with van der Waals surface area (Å²) in [4.78, 5) is 11.2. The van der Waals surface area contributed by atoms with E-state index in [1.807, 2.05) is 12.1 Å². The third-order valence-electron chi connectivity index (χ3n) is 5.31. The van der Waals surface area contributed by atoms with Crippen LogP contribution >= 0.6 is 11.6 Å². The molecule has 4 heterocycles. The number of hydrogen-bond acceptors (Lipinski definition) is 6. The zero-order valence-corrected chi connectivity index (χ0v) is 15.2. The summed E-state index contributed by atoms with van der Waals surface area (Å²) < 4.78 is 7.27. The molecule has 1 fully saturated rings. The molecule has 2 aliphatic rings. The molecule has 1 aliphatic heterocycles. The van der Waals surface area contributed by atoms with Gasteiger partial charge >= 0.3 is 0 Å². The first kappa shape index (κ1) is 15.8. The molecule has 7 nitrogen and oxygen atoms in total. The van der Waals surface area contributed by atoms with Crippen LogP contribution in [0, 0.1) is 5.92 Å². The lowest BCUT2D eigenvalue weighted by Crippen LogP contribution is -2.34. The number of nitrogens with zero attached hydrogens (tertiary/aromatic N) is 6. The fraction of sp³-hybridized carbons (Fsp3) is 0.444. The molecule has 0 aromatic carbocycles. The third kappa shape index (κ3) is 2.67. The highest BCUT2D eigenvalue weighted by Crippen LogP contribution is 2.38. The molecule has 0 N–H and O–H groups in total. The first-order valence-corrected chi connectivity index (χ1v) is 9.30. The van der Waals surface area contributed by atoms with E-state index in [-0.39, 0.29) is 0 Å². The van der Waals surface area contributed by atoms with E-state index >= 15 is 0 Å². The Morgan fingerprint density at radius 1 is 1.27 bits per heavy atom. The maximum atomic E-state index is 6.26. The van der Waals surface area contributed by atoms with Gasteiger partial charge in [0.05, 0.1) is 35.8 Å². The van der Waals surface area contributed by atoms with E-state index in [2.05, 4.69) is 31.8 Å². The number of aromatic nitrogens is 5. The fourth-order valence-corrected chi connectivity index (χ4v) is 4.02. The van der Waals surface area contributed by atoms with E-state index in [0.29, 0.717) is 17.0 Å². The van der Waals surface area contributed by atoms with Gasteiger partial charge in [-0.1, -0.05) is 23.7 Å². The molecule has 0 unspecified atom stereocenters. The lowest BCUT2D eigenvalue weighted by atomic mass is 9.82. The summed E-state index contributed by atoms with van der Waals surface area (Å²) in [6.45, 7) is 3.86. The molecule has 26 heavy (non-hydrogen) atoms. The highest BCUT2D eigenvalue weighted by molar-refractivity contribution is 6.29. The number of fused-ring (bicyclic) bond motifs is 1. The molecule has 5 rings (SSSR count). The van der Waals surface area contributed by atoms with Gasteiger partial charge in [0, 0.05) is 19.0 Å². The van der Waals surface area contributed by atoms with Gasteiger partial charge in [0.25, 0.3) is 0 Å². The molecule has 0 bridgehead atoms. The van der Waals surface area contributed by atoms with Crippen LogP contribution in [0.4, 0.5) is 5.82 Å². The van der Waals surface area contributed by atoms with Crippen molar-refractivity contribution in [1.82, 2.24) is 25.0 Å². The smallest absolute Gasteiger partial charge is 0.166 e. The number of hydrogen-bond donors (Lipinski definition) is 0. The minimum Gasteiger partial charge on any atom is -0.472 e. The molecule has 0 spiro atoms. The highest BCUT2D eigenvalue weighted by Gasteiger charge is 2.32. The van der Waals surface area contributed by atoms with E-state index in [9.17, 15) is 0 Å². The van der Waals surface area contributed by atoms with Gasteiger partial charge < -0.3 is 9.32 Å². The molecule has 1 aliphatic carbocycles. The SMILES string of the molecule is CC1CC(n2nnc3c2CN(c2cc(Cl)nc(-c4ccoc4)n2)CC3)C1. The topological polar surface area (TPSA) is 72.9 Å². The lowest BCUT2D eigenvalue weighted by molar-refractivity contribution is 0.193. The van der Waals surface area contributed by atoms with Crippen LogP contribution in [-0.2, 0) is 13.0 Å². The quantitative estimate of drug-likeness (QED) is 0.657. The Kier molecular flexibility index (Phi) is 3.70. The number of anilines is 1. The Balaban J connectivity index is 1.45. The summed E-state index contributed by atoms with van der Waals surface area (Å²) in [5.41, 5.74) is 3.13. The van der Waals surface area contributed by atoms with Crippen LogP contribution in [0.3, 0.4) is 0 Å². The maximum absolute atomic E-state index is 6.26. The predicted molar refractivity (Wildman–Crippen MR) is 97.0 cm³/mol. The zero-order chi connectivity index (χ0) is 17.7. The Hall–Kier alpha value is -2.41. The van der Waals surface area contributed by atoms with Crippen LogP contribution in [0.25, 0.3) is 11.4 Å². The van der Waals surface area contributed by atoms with Crippen molar-refractivity contribution in [3.8, 4) is 11.4 Å². The predicted octanol–water partition coefficient (Wildman–Crippen LogP) is 3.52. The summed E-state index contributed by atoms with van der Waals surface area (Å²) in [7, 11) is 0. The second kappa shape index (κ2) is 6.09. The van der Waals surface area contributed by atoms with Crippen molar-refractivity contribution < 1.29 is 4.42 Å². The van der Waals surface area contributed by atoms with Crippen LogP contribution in [0.2, 0.25) is 5.15 Å². The largest absolute Gasteiger partial charge is 0.472 e. The second-order valence-electron chi connectivity index (χ2n) is 7.21. The van der Waals surface area contributed by atoms with Gasteiger partial charge in [-0.25, -0.2) is 14.6 Å². The van der Waals surface area contributed by atoms with Crippen molar-refractivity contribution in [3.05, 3.63) is 41.2 Å². The molecule has 3 aromatic heterocycles. The van der Waals surface area contributed by atoms with E-state index in [0.717, 1.165) is 42.5 Å². The van der Waals surface area contributed by atoms with E-state index in [1.54, 1.807) is 12.5 Å². The minimum atomic E-state index is 0.427. The van der Waals surface area contributed by atoms with Gasteiger partial charge in [0.1, 0.15) is 17.2 Å².